The standard InChI is InChI=1S/C27H22N2O2/c30-26-18-8-2-1-7-16(18)14-24(29-26)27(31)28-15-17-13-23-19-9-3-5-11-21(19)25(17)22-12-6-4-10-20(22)23/h1-12,14,17,23,25H,13,15H2,(H,28,31)(H,29,30). The lowest BCUT2D eigenvalue weighted by atomic mass is 9.59. The summed E-state index contributed by atoms with van der Waals surface area (Å²) in [5.74, 6) is 0.755. The maximum Gasteiger partial charge on any atom is 0.267 e. The van der Waals surface area contributed by atoms with Gasteiger partial charge in [0.15, 0.2) is 0 Å². The van der Waals surface area contributed by atoms with Crippen LogP contribution < -0.4 is 10.9 Å². The van der Waals surface area contributed by atoms with E-state index in [1.54, 1.807) is 12.1 Å². The lowest BCUT2D eigenvalue weighted by Crippen LogP contribution is -2.39. The van der Waals surface area contributed by atoms with Gasteiger partial charge >= 0.3 is 0 Å². The summed E-state index contributed by atoms with van der Waals surface area (Å²) in [5.41, 5.74) is 5.69. The summed E-state index contributed by atoms with van der Waals surface area (Å²) < 4.78 is 0. The van der Waals surface area contributed by atoms with E-state index in [0.29, 0.717) is 29.5 Å². The van der Waals surface area contributed by atoms with Crippen LogP contribution in [0.1, 0.15) is 51.0 Å². The number of aromatic amines is 1. The van der Waals surface area contributed by atoms with Crippen LogP contribution in [0.4, 0.5) is 0 Å². The van der Waals surface area contributed by atoms with E-state index in [2.05, 4.69) is 58.8 Å². The summed E-state index contributed by atoms with van der Waals surface area (Å²) >= 11 is 0. The highest BCUT2D eigenvalue weighted by molar-refractivity contribution is 5.96. The summed E-state index contributed by atoms with van der Waals surface area (Å²) in [6.45, 7) is 0.581. The average molecular weight is 406 g/mol. The van der Waals surface area contributed by atoms with Crippen LogP contribution in [0.5, 0.6) is 0 Å². The molecule has 0 fully saturated rings. The fourth-order valence-corrected chi connectivity index (χ4v) is 5.61. The van der Waals surface area contributed by atoms with Gasteiger partial charge in [-0.25, -0.2) is 0 Å². The van der Waals surface area contributed by atoms with Crippen LogP contribution >= 0.6 is 0 Å². The second-order valence-electron chi connectivity index (χ2n) is 8.59. The number of fused-ring (bicyclic) bond motifs is 2. The second kappa shape index (κ2) is 6.95. The fourth-order valence-electron chi connectivity index (χ4n) is 5.61. The number of carbonyl (C=O) groups excluding carboxylic acids is 1. The van der Waals surface area contributed by atoms with Gasteiger partial charge in [0.05, 0.1) is 0 Å². The third kappa shape index (κ3) is 2.82. The monoisotopic (exact) mass is 406 g/mol. The van der Waals surface area contributed by atoms with Crippen LogP contribution in [0, 0.1) is 5.92 Å². The van der Waals surface area contributed by atoms with Gasteiger partial charge in [0.2, 0.25) is 0 Å². The first kappa shape index (κ1) is 18.1. The normalized spacial score (nSPS) is 20.8. The quantitative estimate of drug-likeness (QED) is 0.524. The van der Waals surface area contributed by atoms with Crippen molar-refractivity contribution in [3.05, 3.63) is 117 Å². The van der Waals surface area contributed by atoms with Crippen molar-refractivity contribution in [3.63, 3.8) is 0 Å². The minimum absolute atomic E-state index is 0.231. The zero-order valence-electron chi connectivity index (χ0n) is 17.0. The summed E-state index contributed by atoms with van der Waals surface area (Å²) in [6.07, 6.45) is 1.02. The lowest BCUT2D eigenvalue weighted by molar-refractivity contribution is 0.0938. The molecule has 4 heteroatoms. The molecule has 1 atom stereocenters. The molecule has 1 heterocycles. The Labute approximate surface area is 179 Å². The van der Waals surface area contributed by atoms with Crippen molar-refractivity contribution in [3.8, 4) is 0 Å². The van der Waals surface area contributed by atoms with E-state index in [9.17, 15) is 9.59 Å². The number of rotatable bonds is 3. The highest BCUT2D eigenvalue weighted by atomic mass is 16.2. The zero-order chi connectivity index (χ0) is 20.9. The van der Waals surface area contributed by atoms with Crippen molar-refractivity contribution in [1.29, 1.82) is 0 Å². The molecule has 152 valence electrons. The first-order valence-corrected chi connectivity index (χ1v) is 10.8. The largest absolute Gasteiger partial charge is 0.350 e. The third-order valence-electron chi connectivity index (χ3n) is 6.95. The molecule has 4 nitrogen and oxygen atoms in total. The summed E-state index contributed by atoms with van der Waals surface area (Å²) in [4.78, 5) is 28.0. The molecule has 0 radical (unpaired) electrons. The molecule has 0 saturated carbocycles. The Morgan fingerprint density at radius 2 is 1.48 bits per heavy atom. The Balaban J connectivity index is 1.29. The smallest absolute Gasteiger partial charge is 0.267 e. The van der Waals surface area contributed by atoms with E-state index in [-0.39, 0.29) is 17.4 Å². The Kier molecular flexibility index (Phi) is 4.06. The van der Waals surface area contributed by atoms with Gasteiger partial charge in [-0.1, -0.05) is 66.7 Å². The summed E-state index contributed by atoms with van der Waals surface area (Å²) in [5, 5.41) is 4.47. The molecule has 0 aliphatic heterocycles. The fraction of sp³-hybridized carbons (Fsp3) is 0.185. The maximum absolute atomic E-state index is 12.9. The Morgan fingerprint density at radius 1 is 0.871 bits per heavy atom. The van der Waals surface area contributed by atoms with Crippen LogP contribution in [0.2, 0.25) is 0 Å². The summed E-state index contributed by atoms with van der Waals surface area (Å²) in [7, 11) is 0. The number of H-pyrrole nitrogens is 1. The molecule has 0 saturated heterocycles. The van der Waals surface area contributed by atoms with Crippen LogP contribution in [-0.4, -0.2) is 17.4 Å². The predicted molar refractivity (Wildman–Crippen MR) is 122 cm³/mol. The Bertz CT molecular complexity index is 1340. The van der Waals surface area contributed by atoms with Crippen molar-refractivity contribution in [2.24, 2.45) is 5.92 Å². The number of hydrogen-bond acceptors (Lipinski definition) is 2. The maximum atomic E-state index is 12.9. The third-order valence-corrected chi connectivity index (χ3v) is 6.95. The van der Waals surface area contributed by atoms with Crippen molar-refractivity contribution < 1.29 is 4.79 Å². The molecule has 1 aromatic heterocycles. The van der Waals surface area contributed by atoms with Gasteiger partial charge in [-0.05, 0) is 52.1 Å². The van der Waals surface area contributed by atoms with Crippen LogP contribution in [0.3, 0.4) is 0 Å². The van der Waals surface area contributed by atoms with Gasteiger partial charge in [0.1, 0.15) is 5.69 Å². The van der Waals surface area contributed by atoms with Crippen LogP contribution in [0.25, 0.3) is 10.8 Å². The number of carbonyl (C=O) groups is 1. The molecular formula is C27H22N2O2. The molecule has 1 unspecified atom stereocenters. The lowest BCUT2D eigenvalue weighted by Gasteiger charge is -2.45. The van der Waals surface area contributed by atoms with Crippen molar-refractivity contribution in [2.45, 2.75) is 18.3 Å². The van der Waals surface area contributed by atoms with Gasteiger partial charge in [-0.15, -0.1) is 0 Å². The van der Waals surface area contributed by atoms with E-state index < -0.39 is 0 Å². The molecule has 7 rings (SSSR count). The second-order valence-corrected chi connectivity index (χ2v) is 8.59. The SMILES string of the molecule is O=C(NCC1CC2c3ccccc3C1c1ccccc12)c1cc2ccccc2c(=O)[nH]1. The Morgan fingerprint density at radius 3 is 2.19 bits per heavy atom. The minimum atomic E-state index is -0.233. The Hall–Kier alpha value is -3.66. The molecule has 2 N–H and O–H groups in total. The summed E-state index contributed by atoms with van der Waals surface area (Å²) in [6, 6.07) is 26.5. The van der Waals surface area contributed by atoms with Gasteiger partial charge in [-0.3, -0.25) is 9.59 Å². The van der Waals surface area contributed by atoms with Gasteiger partial charge in [0.25, 0.3) is 11.5 Å². The van der Waals surface area contributed by atoms with Gasteiger partial charge in [0, 0.05) is 23.8 Å². The number of hydrogen-bond donors (Lipinski definition) is 2. The number of aromatic nitrogens is 1. The van der Waals surface area contributed by atoms with Crippen molar-refractivity contribution in [2.75, 3.05) is 6.54 Å². The molecule has 2 bridgehead atoms. The molecule has 3 aromatic carbocycles. The highest BCUT2D eigenvalue weighted by Crippen LogP contribution is 2.55. The topological polar surface area (TPSA) is 62.0 Å². The van der Waals surface area contributed by atoms with E-state index in [4.69, 9.17) is 0 Å². The van der Waals surface area contributed by atoms with E-state index >= 15 is 0 Å². The molecule has 3 aliphatic carbocycles. The number of nitrogens with one attached hydrogen (secondary N) is 2. The van der Waals surface area contributed by atoms with Gasteiger partial charge < -0.3 is 10.3 Å². The van der Waals surface area contributed by atoms with E-state index in [1.165, 1.54) is 22.3 Å². The molecule has 3 aliphatic rings. The average Bonchev–Trinajstić information content (AvgIpc) is 2.82. The highest BCUT2D eigenvalue weighted by Gasteiger charge is 2.42. The van der Waals surface area contributed by atoms with Crippen LogP contribution in [-0.2, 0) is 0 Å². The number of pyridine rings is 1. The number of benzene rings is 3. The number of amides is 1. The van der Waals surface area contributed by atoms with Crippen molar-refractivity contribution in [1.82, 2.24) is 10.3 Å². The van der Waals surface area contributed by atoms with E-state index in [0.717, 1.165) is 11.8 Å². The zero-order valence-corrected chi connectivity index (χ0v) is 17.0. The first-order valence-electron chi connectivity index (χ1n) is 10.8. The molecule has 31 heavy (non-hydrogen) atoms. The van der Waals surface area contributed by atoms with Crippen LogP contribution in [0.15, 0.2) is 83.7 Å². The minimum Gasteiger partial charge on any atom is -0.350 e. The first-order chi connectivity index (χ1) is 15.2. The molecule has 0 spiro atoms. The van der Waals surface area contributed by atoms with Crippen molar-refractivity contribution >= 4 is 16.7 Å². The van der Waals surface area contributed by atoms with E-state index in [1.807, 2.05) is 18.2 Å². The molecular weight excluding hydrogens is 384 g/mol. The predicted octanol–water partition coefficient (Wildman–Crippen LogP) is 4.56. The molecule has 1 amide bonds. The van der Waals surface area contributed by atoms with Gasteiger partial charge in [-0.2, -0.15) is 0 Å². The molecule has 4 aromatic rings.